The molecule has 2 aliphatic rings. The van der Waals surface area contributed by atoms with E-state index in [0.717, 1.165) is 25.1 Å². The summed E-state index contributed by atoms with van der Waals surface area (Å²) in [4.78, 5) is 26.6. The minimum Gasteiger partial charge on any atom is -0.489 e. The van der Waals surface area contributed by atoms with E-state index in [1.54, 1.807) is 44.2 Å². The van der Waals surface area contributed by atoms with Gasteiger partial charge in [0.25, 0.3) is 5.91 Å². The van der Waals surface area contributed by atoms with Gasteiger partial charge in [0.15, 0.2) is 15.7 Å². The summed E-state index contributed by atoms with van der Waals surface area (Å²) in [6.45, 7) is 9.52. The van der Waals surface area contributed by atoms with Gasteiger partial charge in [0.05, 0.1) is 33.8 Å². The molecule has 1 fully saturated rings. The summed E-state index contributed by atoms with van der Waals surface area (Å²) in [5.74, 6) is 1.02. The Balaban J connectivity index is 1.45. The molecule has 12 heteroatoms. The van der Waals surface area contributed by atoms with E-state index in [1.807, 2.05) is 24.8 Å². The Kier molecular flexibility index (Phi) is 8.13. The van der Waals surface area contributed by atoms with Crippen LogP contribution in [0.4, 0.5) is 23.1 Å². The van der Waals surface area contributed by atoms with Crippen LogP contribution in [0.2, 0.25) is 5.02 Å². The van der Waals surface area contributed by atoms with E-state index in [-0.39, 0.29) is 39.7 Å². The van der Waals surface area contributed by atoms with Gasteiger partial charge >= 0.3 is 0 Å². The first kappa shape index (κ1) is 29.1. The fraction of sp³-hybridized carbons (Fsp3) is 0.414. The highest BCUT2D eigenvalue weighted by molar-refractivity contribution is 7.92. The van der Waals surface area contributed by atoms with Gasteiger partial charge < -0.3 is 25.2 Å². The lowest BCUT2D eigenvalue weighted by atomic mass is 10.1. The number of fused-ring (bicyclic) bond motifs is 1. The molecule has 0 radical (unpaired) electrons. The average Bonchev–Trinajstić information content (AvgIpc) is 3.48. The molecular formula is C29H35ClN6O4S. The van der Waals surface area contributed by atoms with Crippen molar-refractivity contribution in [3.63, 3.8) is 0 Å². The van der Waals surface area contributed by atoms with Crippen molar-refractivity contribution in [2.24, 2.45) is 0 Å². The van der Waals surface area contributed by atoms with Crippen molar-refractivity contribution < 1.29 is 17.9 Å². The zero-order valence-corrected chi connectivity index (χ0v) is 25.4. The number of para-hydroxylation sites is 1. The van der Waals surface area contributed by atoms with Crippen molar-refractivity contribution >= 4 is 50.5 Å². The van der Waals surface area contributed by atoms with Crippen LogP contribution in [0.3, 0.4) is 0 Å². The van der Waals surface area contributed by atoms with Crippen molar-refractivity contribution in [3.05, 3.63) is 58.7 Å². The summed E-state index contributed by atoms with van der Waals surface area (Å²) >= 11 is 6.42. The van der Waals surface area contributed by atoms with Crippen LogP contribution in [0, 0.1) is 0 Å². The summed E-state index contributed by atoms with van der Waals surface area (Å²) < 4.78 is 32.0. The zero-order chi connectivity index (χ0) is 29.5. The van der Waals surface area contributed by atoms with Crippen molar-refractivity contribution in [3.8, 4) is 5.75 Å². The minimum absolute atomic E-state index is 0.00166. The van der Waals surface area contributed by atoms with Crippen LogP contribution >= 0.6 is 11.6 Å². The maximum Gasteiger partial charge on any atom is 0.254 e. The molecule has 0 spiro atoms. The van der Waals surface area contributed by atoms with E-state index in [0.29, 0.717) is 29.2 Å². The average molecular weight is 599 g/mol. The number of halogens is 1. The van der Waals surface area contributed by atoms with E-state index in [1.165, 1.54) is 6.20 Å². The lowest BCUT2D eigenvalue weighted by Gasteiger charge is -2.23. The molecule has 218 valence electrons. The first-order chi connectivity index (χ1) is 19.4. The first-order valence-corrected chi connectivity index (χ1v) is 15.6. The molecule has 0 saturated carbocycles. The van der Waals surface area contributed by atoms with Crippen LogP contribution in [-0.2, 0) is 16.4 Å². The van der Waals surface area contributed by atoms with Crippen LogP contribution < -0.4 is 15.4 Å². The second kappa shape index (κ2) is 11.5. The number of ether oxygens (including phenoxy) is 1. The number of anilines is 4. The number of sulfone groups is 1. The van der Waals surface area contributed by atoms with Gasteiger partial charge in [-0.25, -0.2) is 13.4 Å². The topological polar surface area (TPSA) is 117 Å². The van der Waals surface area contributed by atoms with Crippen LogP contribution in [-0.4, -0.2) is 71.6 Å². The van der Waals surface area contributed by atoms with Gasteiger partial charge in [-0.3, -0.25) is 4.79 Å². The van der Waals surface area contributed by atoms with Gasteiger partial charge in [-0.05, 0) is 77.5 Å². The molecular weight excluding hydrogens is 564 g/mol. The molecule has 0 aliphatic carbocycles. The van der Waals surface area contributed by atoms with Gasteiger partial charge in [0.1, 0.15) is 10.8 Å². The van der Waals surface area contributed by atoms with Crippen LogP contribution in [0.5, 0.6) is 5.75 Å². The van der Waals surface area contributed by atoms with E-state index in [4.69, 9.17) is 16.3 Å². The molecule has 2 N–H and O–H groups in total. The highest BCUT2D eigenvalue weighted by Crippen LogP contribution is 2.38. The predicted octanol–water partition coefficient (Wildman–Crippen LogP) is 5.25. The number of carbonyl (C=O) groups is 1. The van der Waals surface area contributed by atoms with Crippen LogP contribution in [0.1, 0.15) is 50.0 Å². The first-order valence-electron chi connectivity index (χ1n) is 13.7. The monoisotopic (exact) mass is 598 g/mol. The van der Waals surface area contributed by atoms with E-state index >= 15 is 0 Å². The molecule has 41 heavy (non-hydrogen) atoms. The van der Waals surface area contributed by atoms with Crippen LogP contribution in [0.15, 0.2) is 47.5 Å². The third kappa shape index (κ3) is 5.98. The third-order valence-electron chi connectivity index (χ3n) is 7.27. The molecule has 2 aromatic carbocycles. The Labute approximate surface area is 246 Å². The van der Waals surface area contributed by atoms with E-state index < -0.39 is 15.1 Å². The molecule has 1 amide bonds. The second-order valence-corrected chi connectivity index (χ2v) is 13.9. The summed E-state index contributed by atoms with van der Waals surface area (Å²) in [7, 11) is -1.49. The fourth-order valence-corrected chi connectivity index (χ4v) is 6.45. The number of hydrogen-bond acceptors (Lipinski definition) is 9. The molecule has 10 nitrogen and oxygen atoms in total. The Morgan fingerprint density at radius 3 is 2.54 bits per heavy atom. The smallest absolute Gasteiger partial charge is 0.254 e. The zero-order valence-electron chi connectivity index (χ0n) is 23.8. The summed E-state index contributed by atoms with van der Waals surface area (Å²) in [6, 6.07) is 10.5. The number of carbonyl (C=O) groups excluding carboxylic acids is 1. The molecule has 2 aliphatic heterocycles. The number of benzene rings is 2. The Morgan fingerprint density at radius 2 is 1.85 bits per heavy atom. The van der Waals surface area contributed by atoms with E-state index in [9.17, 15) is 13.2 Å². The molecule has 1 saturated heterocycles. The fourth-order valence-electron chi connectivity index (χ4n) is 5.11. The largest absolute Gasteiger partial charge is 0.489 e. The van der Waals surface area contributed by atoms with Crippen molar-refractivity contribution in [2.75, 3.05) is 30.8 Å². The normalized spacial score (nSPS) is 17.4. The number of amides is 1. The van der Waals surface area contributed by atoms with Gasteiger partial charge in [0.2, 0.25) is 5.95 Å². The van der Waals surface area contributed by atoms with Gasteiger partial charge in [-0.1, -0.05) is 23.7 Å². The quantitative estimate of drug-likeness (QED) is 0.341. The number of hydrogen-bond donors (Lipinski definition) is 2. The highest BCUT2D eigenvalue weighted by atomic mass is 35.5. The molecule has 3 aromatic rings. The molecule has 1 atom stereocenters. The summed E-state index contributed by atoms with van der Waals surface area (Å²) in [5.41, 5.74) is 2.45. The molecule has 1 aromatic heterocycles. The molecule has 0 unspecified atom stereocenters. The SMILES string of the molecule is CC(C)Oc1cc2c(cc1Nc1ncc(Cl)c(Nc3ccccc3S(=O)(=O)C(C)C)n1)C(=O)N([C@@H]1CCN(C)C1)C2. The predicted molar refractivity (Wildman–Crippen MR) is 160 cm³/mol. The third-order valence-corrected chi connectivity index (χ3v) is 9.75. The Hall–Kier alpha value is -3.41. The van der Waals surface area contributed by atoms with Crippen molar-refractivity contribution in [1.29, 1.82) is 0 Å². The van der Waals surface area contributed by atoms with Crippen molar-refractivity contribution in [2.45, 2.75) is 63.0 Å². The molecule has 5 rings (SSSR count). The number of likely N-dealkylation sites (tertiary alicyclic amines) is 1. The maximum absolute atomic E-state index is 13.4. The minimum atomic E-state index is -3.56. The number of nitrogens with one attached hydrogen (secondary N) is 2. The standard InChI is InChI=1S/C29H35ClN6O4S/c1-17(2)40-25-12-19-15-36(20-10-11-35(5)16-20)28(37)21(19)13-24(25)33-29-31-14-22(30)27(34-29)32-23-8-6-7-9-26(23)41(38,39)18(3)4/h6-9,12-14,17-18,20H,10-11,15-16H2,1-5H3,(H2,31,32,33,34)/t20-/m1/s1. The number of nitrogens with zero attached hydrogens (tertiary/aromatic N) is 4. The lowest BCUT2D eigenvalue weighted by Crippen LogP contribution is -2.37. The number of likely N-dealkylation sites (N-methyl/N-ethyl adjacent to an activating group) is 1. The molecule has 0 bridgehead atoms. The van der Waals surface area contributed by atoms with Crippen molar-refractivity contribution in [1.82, 2.24) is 19.8 Å². The van der Waals surface area contributed by atoms with Gasteiger partial charge in [0, 0.05) is 24.7 Å². The Morgan fingerprint density at radius 1 is 1.10 bits per heavy atom. The van der Waals surface area contributed by atoms with Gasteiger partial charge in [-0.15, -0.1) is 0 Å². The number of aromatic nitrogens is 2. The highest BCUT2D eigenvalue weighted by Gasteiger charge is 2.36. The van der Waals surface area contributed by atoms with E-state index in [2.05, 4.69) is 32.5 Å². The summed E-state index contributed by atoms with van der Waals surface area (Å²) in [5, 5.41) is 5.87. The molecule has 3 heterocycles. The second-order valence-electron chi connectivity index (χ2n) is 11.0. The van der Waals surface area contributed by atoms with Crippen LogP contribution in [0.25, 0.3) is 0 Å². The lowest BCUT2D eigenvalue weighted by molar-refractivity contribution is 0.0710. The Bertz CT molecular complexity index is 1580. The summed E-state index contributed by atoms with van der Waals surface area (Å²) in [6.07, 6.45) is 2.28. The maximum atomic E-state index is 13.4. The van der Waals surface area contributed by atoms with Gasteiger partial charge in [-0.2, -0.15) is 4.98 Å². The number of rotatable bonds is 9.